The monoisotopic (exact) mass is 405 g/mol. The molecule has 3 N–H and O–H groups in total. The number of rotatable bonds is 3. The molecule has 0 saturated carbocycles. The molecule has 2 heterocycles. The van der Waals surface area contributed by atoms with Gasteiger partial charge in [-0.3, -0.25) is 10.1 Å². The normalized spacial score (nSPS) is 16.2. The summed E-state index contributed by atoms with van der Waals surface area (Å²) in [5, 5.41) is 25.8. The highest BCUT2D eigenvalue weighted by Gasteiger charge is 2.41. The molecule has 0 saturated heterocycles. The Morgan fingerprint density at radius 1 is 1.26 bits per heavy atom. The molecule has 138 valence electrons. The van der Waals surface area contributed by atoms with Crippen molar-refractivity contribution in [3.63, 3.8) is 0 Å². The maximum absolute atomic E-state index is 11.9. The van der Waals surface area contributed by atoms with Gasteiger partial charge < -0.3 is 20.1 Å². The number of H-pyrrole nitrogens is 1. The van der Waals surface area contributed by atoms with Crippen molar-refractivity contribution in [2.45, 2.75) is 5.92 Å². The van der Waals surface area contributed by atoms with Crippen LogP contribution in [0.15, 0.2) is 48.1 Å². The number of nitro groups is 1. The summed E-state index contributed by atoms with van der Waals surface area (Å²) in [6, 6.07) is 7.92. The Morgan fingerprint density at radius 2 is 2.04 bits per heavy atom. The van der Waals surface area contributed by atoms with E-state index in [1.54, 1.807) is 24.4 Å². The summed E-state index contributed by atoms with van der Waals surface area (Å²) in [6.45, 7) is 0. The number of aromatic amines is 1. The minimum atomic E-state index is -0.807. The van der Waals surface area contributed by atoms with Crippen LogP contribution in [0.1, 0.15) is 17.0 Å². The SMILES string of the molecule is CNC1=C([N+](=O)[O-])C(c2c[nH]c3ccc(O)cc23)c2cc(Cl)cc(Cl)c2O1. The number of aromatic hydroxyl groups is 1. The molecule has 0 fully saturated rings. The van der Waals surface area contributed by atoms with Crippen molar-refractivity contribution in [1.29, 1.82) is 0 Å². The predicted octanol–water partition coefficient (Wildman–Crippen LogP) is 4.37. The van der Waals surface area contributed by atoms with Gasteiger partial charge in [0.1, 0.15) is 11.7 Å². The van der Waals surface area contributed by atoms with E-state index in [9.17, 15) is 15.2 Å². The van der Waals surface area contributed by atoms with Crippen LogP contribution >= 0.6 is 23.2 Å². The quantitative estimate of drug-likeness (QED) is 0.443. The number of allylic oxidation sites excluding steroid dienone is 1. The molecule has 3 aromatic rings. The zero-order valence-electron chi connectivity index (χ0n) is 13.9. The van der Waals surface area contributed by atoms with E-state index in [0.29, 0.717) is 27.3 Å². The Bertz CT molecular complexity index is 1120. The van der Waals surface area contributed by atoms with Gasteiger partial charge >= 0.3 is 5.70 Å². The first-order valence-electron chi connectivity index (χ1n) is 7.93. The minimum absolute atomic E-state index is 0.00349. The van der Waals surface area contributed by atoms with Crippen LogP contribution in [0.3, 0.4) is 0 Å². The lowest BCUT2D eigenvalue weighted by Gasteiger charge is -2.26. The van der Waals surface area contributed by atoms with E-state index in [0.717, 1.165) is 5.52 Å². The van der Waals surface area contributed by atoms with Gasteiger partial charge in [0.25, 0.3) is 5.88 Å². The third-order valence-electron chi connectivity index (χ3n) is 4.49. The summed E-state index contributed by atoms with van der Waals surface area (Å²) in [4.78, 5) is 14.5. The first kappa shape index (κ1) is 17.5. The number of fused-ring (bicyclic) bond motifs is 2. The van der Waals surface area contributed by atoms with Gasteiger partial charge in [-0.25, -0.2) is 0 Å². The molecule has 1 atom stereocenters. The Morgan fingerprint density at radius 3 is 2.74 bits per heavy atom. The van der Waals surface area contributed by atoms with Gasteiger partial charge in [-0.2, -0.15) is 0 Å². The fourth-order valence-corrected chi connectivity index (χ4v) is 3.93. The van der Waals surface area contributed by atoms with E-state index in [-0.39, 0.29) is 22.4 Å². The van der Waals surface area contributed by atoms with Crippen molar-refractivity contribution in [1.82, 2.24) is 10.3 Å². The second-order valence-electron chi connectivity index (χ2n) is 6.04. The van der Waals surface area contributed by atoms with E-state index >= 15 is 0 Å². The number of phenolic OH excluding ortho intramolecular Hbond substituents is 1. The highest BCUT2D eigenvalue weighted by molar-refractivity contribution is 6.35. The summed E-state index contributed by atoms with van der Waals surface area (Å²) in [7, 11) is 1.53. The van der Waals surface area contributed by atoms with Gasteiger partial charge in [-0.05, 0) is 35.9 Å². The van der Waals surface area contributed by atoms with Gasteiger partial charge in [0, 0.05) is 34.7 Å². The van der Waals surface area contributed by atoms with Crippen LogP contribution in [0, 0.1) is 10.1 Å². The molecular weight excluding hydrogens is 393 g/mol. The Kier molecular flexibility index (Phi) is 4.13. The van der Waals surface area contributed by atoms with Crippen LogP contribution in [0.2, 0.25) is 10.0 Å². The van der Waals surface area contributed by atoms with Gasteiger partial charge in [-0.15, -0.1) is 0 Å². The van der Waals surface area contributed by atoms with Crippen LogP contribution in [-0.4, -0.2) is 22.1 Å². The second-order valence-corrected chi connectivity index (χ2v) is 6.88. The van der Waals surface area contributed by atoms with E-state index in [1.165, 1.54) is 19.2 Å². The molecule has 0 bridgehead atoms. The van der Waals surface area contributed by atoms with Crippen molar-refractivity contribution in [2.24, 2.45) is 0 Å². The van der Waals surface area contributed by atoms with Gasteiger partial charge in [0.05, 0.1) is 9.95 Å². The molecule has 0 spiro atoms. The lowest BCUT2D eigenvalue weighted by Crippen LogP contribution is -2.28. The van der Waals surface area contributed by atoms with E-state index in [1.807, 2.05) is 0 Å². The number of phenols is 1. The standard InChI is InChI=1S/C18H13Cl2N3O4/c1-21-18-16(23(25)26)15(11-4-8(19)5-13(20)17(11)27-18)12-7-22-14-3-2-9(24)6-10(12)14/h2-7,15,21-22,24H,1H3. The van der Waals surface area contributed by atoms with Crippen molar-refractivity contribution in [3.8, 4) is 11.5 Å². The first-order chi connectivity index (χ1) is 12.9. The third-order valence-corrected chi connectivity index (χ3v) is 4.99. The highest BCUT2D eigenvalue weighted by Crippen LogP contribution is 2.48. The van der Waals surface area contributed by atoms with Crippen LogP contribution in [-0.2, 0) is 0 Å². The topological polar surface area (TPSA) is 100 Å². The first-order valence-corrected chi connectivity index (χ1v) is 8.69. The van der Waals surface area contributed by atoms with Crippen LogP contribution < -0.4 is 10.1 Å². The maximum atomic E-state index is 11.9. The minimum Gasteiger partial charge on any atom is -0.508 e. The number of hydrogen-bond acceptors (Lipinski definition) is 5. The molecule has 1 aliphatic rings. The molecule has 0 radical (unpaired) electrons. The lowest BCUT2D eigenvalue weighted by atomic mass is 9.86. The number of nitrogens with one attached hydrogen (secondary N) is 2. The molecule has 1 aliphatic heterocycles. The van der Waals surface area contributed by atoms with Crippen molar-refractivity contribution in [2.75, 3.05) is 7.05 Å². The smallest absolute Gasteiger partial charge is 0.317 e. The zero-order valence-corrected chi connectivity index (χ0v) is 15.4. The van der Waals surface area contributed by atoms with Gasteiger partial charge in [0.2, 0.25) is 0 Å². The number of nitrogens with zero attached hydrogens (tertiary/aromatic N) is 1. The Labute approximate surface area is 163 Å². The summed E-state index contributed by atoms with van der Waals surface area (Å²) < 4.78 is 5.68. The van der Waals surface area contributed by atoms with E-state index in [4.69, 9.17) is 27.9 Å². The zero-order chi connectivity index (χ0) is 19.3. The largest absolute Gasteiger partial charge is 0.508 e. The van der Waals surface area contributed by atoms with Crippen LogP contribution in [0.4, 0.5) is 0 Å². The van der Waals surface area contributed by atoms with Crippen LogP contribution in [0.5, 0.6) is 11.5 Å². The Balaban J connectivity index is 2.07. The molecule has 1 aromatic heterocycles. The van der Waals surface area contributed by atoms with Crippen LogP contribution in [0.25, 0.3) is 10.9 Å². The molecule has 4 rings (SSSR count). The van der Waals surface area contributed by atoms with Crippen molar-refractivity contribution < 1.29 is 14.8 Å². The summed E-state index contributed by atoms with van der Waals surface area (Å²) in [6.07, 6.45) is 1.68. The fraction of sp³-hybridized carbons (Fsp3) is 0.111. The maximum Gasteiger partial charge on any atom is 0.317 e. The molecule has 0 aliphatic carbocycles. The van der Waals surface area contributed by atoms with E-state index in [2.05, 4.69) is 10.3 Å². The second kappa shape index (κ2) is 6.37. The molecule has 0 amide bonds. The predicted molar refractivity (Wildman–Crippen MR) is 102 cm³/mol. The number of benzene rings is 2. The summed E-state index contributed by atoms with van der Waals surface area (Å²) >= 11 is 12.5. The molecule has 1 unspecified atom stereocenters. The Hall–Kier alpha value is -2.90. The van der Waals surface area contributed by atoms with Crippen molar-refractivity contribution >= 4 is 34.1 Å². The average Bonchev–Trinajstić information content (AvgIpc) is 3.02. The van der Waals surface area contributed by atoms with E-state index < -0.39 is 10.8 Å². The van der Waals surface area contributed by atoms with Gasteiger partial charge in [0.15, 0.2) is 5.75 Å². The third kappa shape index (κ3) is 2.75. The van der Waals surface area contributed by atoms with Gasteiger partial charge in [-0.1, -0.05) is 23.2 Å². The average molecular weight is 406 g/mol. The summed E-state index contributed by atoms with van der Waals surface area (Å²) in [5.41, 5.74) is 1.64. The fourth-order valence-electron chi connectivity index (χ4n) is 3.39. The number of hydrogen-bond donors (Lipinski definition) is 3. The molecule has 9 heteroatoms. The summed E-state index contributed by atoms with van der Waals surface area (Å²) in [5.74, 6) is -0.454. The van der Waals surface area contributed by atoms with Crippen molar-refractivity contribution in [3.05, 3.63) is 79.4 Å². The number of ether oxygens (including phenoxy) is 1. The molecular formula is C18H13Cl2N3O4. The highest BCUT2D eigenvalue weighted by atomic mass is 35.5. The lowest BCUT2D eigenvalue weighted by molar-refractivity contribution is -0.432. The molecule has 7 nitrogen and oxygen atoms in total. The number of halogens is 2. The molecule has 2 aromatic carbocycles. The molecule has 27 heavy (non-hydrogen) atoms. The number of aromatic nitrogens is 1.